The summed E-state index contributed by atoms with van der Waals surface area (Å²) in [7, 11) is 2.93. The summed E-state index contributed by atoms with van der Waals surface area (Å²) in [6.45, 7) is 6.17. The van der Waals surface area contributed by atoms with Crippen LogP contribution in [-0.4, -0.2) is 35.3 Å². The number of carbonyl (C=O) groups excluding carboxylic acids is 1. The lowest BCUT2D eigenvalue weighted by atomic mass is 10.1. The Kier molecular flexibility index (Phi) is 3.77. The number of aryl methyl sites for hydroxylation is 1. The van der Waals surface area contributed by atoms with Crippen LogP contribution < -0.4 is 5.73 Å². The van der Waals surface area contributed by atoms with E-state index in [2.05, 4.69) is 9.72 Å². The Morgan fingerprint density at radius 2 is 2.06 bits per heavy atom. The monoisotopic (exact) mass is 241 g/mol. The van der Waals surface area contributed by atoms with Gasteiger partial charge in [-0.25, -0.2) is 9.78 Å². The zero-order chi connectivity index (χ0) is 13.2. The molecule has 0 bridgehead atoms. The van der Waals surface area contributed by atoms with Crippen LogP contribution in [0.25, 0.3) is 0 Å². The number of rotatable bonds is 4. The third kappa shape index (κ3) is 2.76. The molecule has 0 fully saturated rings. The highest BCUT2D eigenvalue weighted by atomic mass is 16.5. The lowest BCUT2D eigenvalue weighted by Gasteiger charge is -2.24. The zero-order valence-corrected chi connectivity index (χ0v) is 10.9. The maximum absolute atomic E-state index is 11.4. The molecule has 0 aliphatic carbocycles. The van der Waals surface area contributed by atoms with Crippen LogP contribution in [-0.2, 0) is 16.0 Å². The summed E-state index contributed by atoms with van der Waals surface area (Å²) in [6.07, 6.45) is 0. The molecule has 1 rings (SSSR count). The first kappa shape index (κ1) is 13.5. The number of esters is 1. The van der Waals surface area contributed by atoms with Crippen molar-refractivity contribution in [3.05, 3.63) is 11.5 Å². The van der Waals surface area contributed by atoms with Crippen LogP contribution in [0.1, 0.15) is 30.2 Å². The fraction of sp³-hybridized carbons (Fsp3) is 0.636. The molecule has 0 aromatic carbocycles. The fourth-order valence-electron chi connectivity index (χ4n) is 1.47. The fourth-order valence-corrected chi connectivity index (χ4v) is 1.47. The highest BCUT2D eigenvalue weighted by Gasteiger charge is 2.24. The Bertz CT molecular complexity index is 424. The van der Waals surface area contributed by atoms with Crippen molar-refractivity contribution < 1.29 is 14.3 Å². The first-order chi connectivity index (χ1) is 7.82. The van der Waals surface area contributed by atoms with Gasteiger partial charge in [-0.2, -0.15) is 0 Å². The molecule has 96 valence electrons. The van der Waals surface area contributed by atoms with Gasteiger partial charge < -0.3 is 19.8 Å². The summed E-state index contributed by atoms with van der Waals surface area (Å²) in [6, 6.07) is 0. The number of anilines is 1. The molecular weight excluding hydrogens is 222 g/mol. The van der Waals surface area contributed by atoms with Crippen LogP contribution in [0.5, 0.6) is 0 Å². The number of carbonyl (C=O) groups is 1. The minimum absolute atomic E-state index is 0.150. The molecule has 1 aromatic rings. The summed E-state index contributed by atoms with van der Waals surface area (Å²) >= 11 is 0. The molecule has 0 spiro atoms. The molecular formula is C11H19N3O3. The van der Waals surface area contributed by atoms with Crippen LogP contribution in [0.4, 0.5) is 5.82 Å². The zero-order valence-electron chi connectivity index (χ0n) is 10.9. The van der Waals surface area contributed by atoms with E-state index in [4.69, 9.17) is 10.5 Å². The van der Waals surface area contributed by atoms with Gasteiger partial charge in [0.15, 0.2) is 5.69 Å². The Morgan fingerprint density at radius 1 is 1.47 bits per heavy atom. The maximum atomic E-state index is 11.4. The first-order valence-corrected chi connectivity index (χ1v) is 5.28. The summed E-state index contributed by atoms with van der Waals surface area (Å²) in [5.41, 5.74) is 5.65. The number of ether oxygens (including phenoxy) is 2. The largest absolute Gasteiger partial charge is 0.464 e. The molecule has 2 N–H and O–H groups in total. The molecule has 0 atom stereocenters. The topological polar surface area (TPSA) is 79.4 Å². The van der Waals surface area contributed by atoms with Gasteiger partial charge in [0.25, 0.3) is 0 Å². The van der Waals surface area contributed by atoms with E-state index >= 15 is 0 Å². The standard InChI is InChI=1S/C11H19N3O3/c1-7-13-8(10(15)16-4)9(12)14(7)6-11(2,3)17-5/h6,12H2,1-5H3. The van der Waals surface area contributed by atoms with Gasteiger partial charge in [-0.05, 0) is 20.8 Å². The Morgan fingerprint density at radius 3 is 2.53 bits per heavy atom. The van der Waals surface area contributed by atoms with E-state index in [0.29, 0.717) is 18.2 Å². The third-order valence-corrected chi connectivity index (χ3v) is 2.67. The van der Waals surface area contributed by atoms with Gasteiger partial charge in [-0.3, -0.25) is 0 Å². The van der Waals surface area contributed by atoms with Crippen molar-refractivity contribution in [3.63, 3.8) is 0 Å². The molecule has 0 radical (unpaired) electrons. The lowest BCUT2D eigenvalue weighted by molar-refractivity contribution is 0.00812. The third-order valence-electron chi connectivity index (χ3n) is 2.67. The second-order valence-corrected chi connectivity index (χ2v) is 4.43. The van der Waals surface area contributed by atoms with E-state index in [1.54, 1.807) is 18.6 Å². The summed E-state index contributed by atoms with van der Waals surface area (Å²) in [4.78, 5) is 15.5. The van der Waals surface area contributed by atoms with E-state index in [1.165, 1.54) is 7.11 Å². The molecule has 0 aliphatic heterocycles. The number of hydrogen-bond donors (Lipinski definition) is 1. The van der Waals surface area contributed by atoms with Gasteiger partial charge in [0.2, 0.25) is 0 Å². The minimum Gasteiger partial charge on any atom is -0.464 e. The Balaban J connectivity index is 3.10. The Labute approximate surface area is 101 Å². The van der Waals surface area contributed by atoms with Gasteiger partial charge in [0.05, 0.1) is 19.3 Å². The highest BCUT2D eigenvalue weighted by Crippen LogP contribution is 2.20. The SMILES string of the molecule is COC(=O)c1nc(C)n(CC(C)(C)OC)c1N. The summed E-state index contributed by atoms with van der Waals surface area (Å²) < 4.78 is 11.7. The molecule has 17 heavy (non-hydrogen) atoms. The van der Waals surface area contributed by atoms with E-state index in [-0.39, 0.29) is 11.3 Å². The van der Waals surface area contributed by atoms with Gasteiger partial charge in [0.1, 0.15) is 11.6 Å². The van der Waals surface area contributed by atoms with E-state index < -0.39 is 5.97 Å². The molecule has 0 amide bonds. The van der Waals surface area contributed by atoms with Crippen molar-refractivity contribution in [2.75, 3.05) is 20.0 Å². The average molecular weight is 241 g/mol. The van der Waals surface area contributed by atoms with Crippen molar-refractivity contribution in [2.45, 2.75) is 32.9 Å². The van der Waals surface area contributed by atoms with Crippen LogP contribution in [0.3, 0.4) is 0 Å². The van der Waals surface area contributed by atoms with Crippen LogP contribution in [0.2, 0.25) is 0 Å². The van der Waals surface area contributed by atoms with Crippen molar-refractivity contribution in [2.24, 2.45) is 0 Å². The maximum Gasteiger partial charge on any atom is 0.360 e. The van der Waals surface area contributed by atoms with Crippen molar-refractivity contribution in [1.82, 2.24) is 9.55 Å². The number of imidazole rings is 1. The number of nitrogen functional groups attached to an aromatic ring is 1. The lowest BCUT2D eigenvalue weighted by Crippen LogP contribution is -2.30. The quantitative estimate of drug-likeness (QED) is 0.795. The normalized spacial score (nSPS) is 11.6. The second-order valence-electron chi connectivity index (χ2n) is 4.43. The van der Waals surface area contributed by atoms with Crippen LogP contribution in [0.15, 0.2) is 0 Å². The predicted molar refractivity (Wildman–Crippen MR) is 63.8 cm³/mol. The predicted octanol–water partition coefficient (Wildman–Crippen LogP) is 0.985. The van der Waals surface area contributed by atoms with Gasteiger partial charge in [-0.1, -0.05) is 0 Å². The summed E-state index contributed by atoms with van der Waals surface area (Å²) in [5, 5.41) is 0. The van der Waals surface area contributed by atoms with Gasteiger partial charge >= 0.3 is 5.97 Å². The highest BCUT2D eigenvalue weighted by molar-refractivity contribution is 5.92. The number of nitrogens with zero attached hydrogens (tertiary/aromatic N) is 2. The van der Waals surface area contributed by atoms with Crippen molar-refractivity contribution >= 4 is 11.8 Å². The molecule has 6 nitrogen and oxygen atoms in total. The number of methoxy groups -OCH3 is 2. The Hall–Kier alpha value is -1.56. The van der Waals surface area contributed by atoms with Crippen molar-refractivity contribution in [3.8, 4) is 0 Å². The van der Waals surface area contributed by atoms with Crippen molar-refractivity contribution in [1.29, 1.82) is 0 Å². The molecule has 0 aliphatic rings. The number of hydrogen-bond acceptors (Lipinski definition) is 5. The van der Waals surface area contributed by atoms with Crippen LogP contribution in [0, 0.1) is 6.92 Å². The smallest absolute Gasteiger partial charge is 0.360 e. The van der Waals surface area contributed by atoms with Gasteiger partial charge in [-0.15, -0.1) is 0 Å². The molecule has 1 heterocycles. The van der Waals surface area contributed by atoms with Gasteiger partial charge in [0, 0.05) is 7.11 Å². The number of aromatic nitrogens is 2. The van der Waals surface area contributed by atoms with E-state index in [9.17, 15) is 4.79 Å². The molecule has 0 saturated carbocycles. The molecule has 0 saturated heterocycles. The van der Waals surface area contributed by atoms with Crippen LogP contribution >= 0.6 is 0 Å². The molecule has 6 heteroatoms. The van der Waals surface area contributed by atoms with E-state index in [0.717, 1.165) is 0 Å². The minimum atomic E-state index is -0.528. The molecule has 0 unspecified atom stereocenters. The first-order valence-electron chi connectivity index (χ1n) is 5.28. The van der Waals surface area contributed by atoms with E-state index in [1.807, 2.05) is 13.8 Å². The number of nitrogens with two attached hydrogens (primary N) is 1. The average Bonchev–Trinajstić information content (AvgIpc) is 2.56. The summed E-state index contributed by atoms with van der Waals surface area (Å²) in [5.74, 6) is 0.437. The molecule has 1 aromatic heterocycles. The second kappa shape index (κ2) is 4.75.